The average Bonchev–Trinajstić information content (AvgIpc) is 1.79. The molecule has 0 amide bonds. The summed E-state index contributed by atoms with van der Waals surface area (Å²) < 4.78 is 0.468. The van der Waals surface area contributed by atoms with Crippen molar-refractivity contribution in [3.05, 3.63) is 0 Å². The Morgan fingerprint density at radius 3 is 1.60 bits per heavy atom. The Kier molecular flexibility index (Phi) is 2.31. The second-order valence-corrected chi connectivity index (χ2v) is 7.60. The molecular formula is C8H16S2. The van der Waals surface area contributed by atoms with Crippen molar-refractivity contribution < 1.29 is 0 Å². The standard InChI is InChI=1S/C8H16S2/c1-7(2)5-9-8(3,4)10-6-7/h5-6H2,1-4H3. The summed E-state index contributed by atoms with van der Waals surface area (Å²) in [5.41, 5.74) is 0.560. The van der Waals surface area contributed by atoms with Crippen LogP contribution in [0.2, 0.25) is 0 Å². The van der Waals surface area contributed by atoms with Gasteiger partial charge in [0, 0.05) is 11.5 Å². The maximum atomic E-state index is 2.35. The Hall–Kier alpha value is 0.700. The molecule has 0 bridgehead atoms. The molecule has 1 rings (SSSR count). The van der Waals surface area contributed by atoms with E-state index >= 15 is 0 Å². The lowest BCUT2D eigenvalue weighted by Gasteiger charge is -2.37. The second kappa shape index (κ2) is 2.63. The third kappa shape index (κ3) is 2.39. The molecule has 0 atom stereocenters. The lowest BCUT2D eigenvalue weighted by atomic mass is 10.00. The fraction of sp³-hybridized carbons (Fsp3) is 1.00. The summed E-state index contributed by atoms with van der Waals surface area (Å²) in [5, 5.41) is 0. The van der Waals surface area contributed by atoms with Crippen LogP contribution in [0.15, 0.2) is 0 Å². The van der Waals surface area contributed by atoms with E-state index in [9.17, 15) is 0 Å². The minimum atomic E-state index is 0.468. The van der Waals surface area contributed by atoms with E-state index in [1.54, 1.807) is 0 Å². The Labute approximate surface area is 72.5 Å². The molecule has 60 valence electrons. The first-order valence-electron chi connectivity index (χ1n) is 3.69. The highest BCUT2D eigenvalue weighted by molar-refractivity contribution is 8.18. The van der Waals surface area contributed by atoms with Crippen LogP contribution < -0.4 is 0 Å². The fourth-order valence-corrected chi connectivity index (χ4v) is 3.32. The lowest BCUT2D eigenvalue weighted by Crippen LogP contribution is -2.29. The number of rotatable bonds is 0. The summed E-state index contributed by atoms with van der Waals surface area (Å²) in [6.45, 7) is 9.33. The third-order valence-corrected chi connectivity index (χ3v) is 5.57. The van der Waals surface area contributed by atoms with Gasteiger partial charge in [-0.1, -0.05) is 13.8 Å². The summed E-state index contributed by atoms with van der Waals surface area (Å²) >= 11 is 4.18. The van der Waals surface area contributed by atoms with Crippen LogP contribution in [-0.2, 0) is 0 Å². The van der Waals surface area contributed by atoms with E-state index in [1.807, 2.05) is 0 Å². The van der Waals surface area contributed by atoms with Gasteiger partial charge >= 0.3 is 0 Å². The summed E-state index contributed by atoms with van der Waals surface area (Å²) in [6, 6.07) is 0. The minimum absolute atomic E-state index is 0.468. The maximum Gasteiger partial charge on any atom is 0.0555 e. The molecule has 1 fully saturated rings. The topological polar surface area (TPSA) is 0 Å². The Morgan fingerprint density at radius 2 is 1.30 bits per heavy atom. The van der Waals surface area contributed by atoms with Crippen molar-refractivity contribution in [3.63, 3.8) is 0 Å². The molecule has 1 saturated heterocycles. The largest absolute Gasteiger partial charge is 0.144 e. The van der Waals surface area contributed by atoms with Gasteiger partial charge in [-0.05, 0) is 19.3 Å². The Bertz CT molecular complexity index is 99.2. The zero-order chi connectivity index (χ0) is 7.83. The maximum absolute atomic E-state index is 2.35. The number of thioether (sulfide) groups is 2. The van der Waals surface area contributed by atoms with Gasteiger partial charge in [-0.15, -0.1) is 23.5 Å². The van der Waals surface area contributed by atoms with Crippen LogP contribution in [0.4, 0.5) is 0 Å². The Morgan fingerprint density at radius 1 is 0.900 bits per heavy atom. The van der Waals surface area contributed by atoms with Gasteiger partial charge in [0.25, 0.3) is 0 Å². The SMILES string of the molecule is CC1(C)CSC(C)(C)SC1. The molecule has 1 aliphatic rings. The number of hydrogen-bond acceptors (Lipinski definition) is 2. The molecular weight excluding hydrogens is 160 g/mol. The second-order valence-electron chi connectivity index (χ2n) is 4.14. The van der Waals surface area contributed by atoms with Crippen LogP contribution in [0.1, 0.15) is 27.7 Å². The molecule has 1 heterocycles. The molecule has 0 aliphatic carbocycles. The first-order valence-corrected chi connectivity index (χ1v) is 5.66. The molecule has 0 radical (unpaired) electrons. The normalized spacial score (nSPS) is 30.0. The first-order chi connectivity index (χ1) is 4.41. The van der Waals surface area contributed by atoms with Gasteiger partial charge in [-0.2, -0.15) is 0 Å². The highest BCUT2D eigenvalue weighted by atomic mass is 32.2. The molecule has 0 saturated carbocycles. The molecule has 0 aromatic heterocycles. The molecule has 0 aromatic rings. The molecule has 0 unspecified atom stereocenters. The molecule has 0 spiro atoms. The quantitative estimate of drug-likeness (QED) is 0.556. The molecule has 10 heavy (non-hydrogen) atoms. The van der Waals surface area contributed by atoms with Crippen molar-refractivity contribution in [2.45, 2.75) is 31.8 Å². The average molecular weight is 176 g/mol. The van der Waals surface area contributed by atoms with Crippen molar-refractivity contribution in [2.75, 3.05) is 11.5 Å². The van der Waals surface area contributed by atoms with E-state index in [0.29, 0.717) is 9.49 Å². The van der Waals surface area contributed by atoms with Crippen molar-refractivity contribution in [3.8, 4) is 0 Å². The molecule has 0 N–H and O–H groups in total. The monoisotopic (exact) mass is 176 g/mol. The first kappa shape index (κ1) is 8.79. The Balaban J connectivity index is 2.46. The van der Waals surface area contributed by atoms with E-state index in [0.717, 1.165) is 0 Å². The van der Waals surface area contributed by atoms with Gasteiger partial charge in [0.05, 0.1) is 4.08 Å². The van der Waals surface area contributed by atoms with E-state index in [2.05, 4.69) is 51.2 Å². The van der Waals surface area contributed by atoms with Crippen LogP contribution in [0.3, 0.4) is 0 Å². The van der Waals surface area contributed by atoms with Crippen molar-refractivity contribution in [1.29, 1.82) is 0 Å². The fourth-order valence-electron chi connectivity index (χ4n) is 0.822. The smallest absolute Gasteiger partial charge is 0.0555 e. The summed E-state index contributed by atoms with van der Waals surface area (Å²) in [5.74, 6) is 2.62. The molecule has 0 aromatic carbocycles. The van der Waals surface area contributed by atoms with Gasteiger partial charge in [0.1, 0.15) is 0 Å². The third-order valence-electron chi connectivity index (χ3n) is 1.62. The van der Waals surface area contributed by atoms with Crippen molar-refractivity contribution in [2.24, 2.45) is 5.41 Å². The van der Waals surface area contributed by atoms with Gasteiger partial charge in [0.15, 0.2) is 0 Å². The van der Waals surface area contributed by atoms with Gasteiger partial charge in [-0.3, -0.25) is 0 Å². The molecule has 0 nitrogen and oxygen atoms in total. The summed E-state index contributed by atoms with van der Waals surface area (Å²) in [4.78, 5) is 0. The predicted octanol–water partition coefficient (Wildman–Crippen LogP) is 3.23. The zero-order valence-electron chi connectivity index (χ0n) is 7.23. The zero-order valence-corrected chi connectivity index (χ0v) is 8.86. The van der Waals surface area contributed by atoms with Crippen LogP contribution in [0.5, 0.6) is 0 Å². The van der Waals surface area contributed by atoms with E-state index in [-0.39, 0.29) is 0 Å². The summed E-state index contributed by atoms with van der Waals surface area (Å²) in [6.07, 6.45) is 0. The van der Waals surface area contributed by atoms with Gasteiger partial charge in [0.2, 0.25) is 0 Å². The van der Waals surface area contributed by atoms with Crippen molar-refractivity contribution in [1.82, 2.24) is 0 Å². The van der Waals surface area contributed by atoms with Crippen LogP contribution in [0.25, 0.3) is 0 Å². The highest BCUT2D eigenvalue weighted by Crippen LogP contribution is 2.47. The summed E-state index contributed by atoms with van der Waals surface area (Å²) in [7, 11) is 0. The van der Waals surface area contributed by atoms with E-state index in [1.165, 1.54) is 11.5 Å². The molecule has 2 heteroatoms. The van der Waals surface area contributed by atoms with Gasteiger partial charge < -0.3 is 0 Å². The van der Waals surface area contributed by atoms with E-state index < -0.39 is 0 Å². The van der Waals surface area contributed by atoms with Gasteiger partial charge in [-0.25, -0.2) is 0 Å². The minimum Gasteiger partial charge on any atom is -0.144 e. The van der Waals surface area contributed by atoms with Crippen LogP contribution in [-0.4, -0.2) is 15.6 Å². The molecule has 1 aliphatic heterocycles. The van der Waals surface area contributed by atoms with E-state index in [4.69, 9.17) is 0 Å². The predicted molar refractivity (Wildman–Crippen MR) is 52.8 cm³/mol. The van der Waals surface area contributed by atoms with Crippen LogP contribution >= 0.6 is 23.5 Å². The van der Waals surface area contributed by atoms with Crippen LogP contribution in [0, 0.1) is 5.41 Å². The highest BCUT2D eigenvalue weighted by Gasteiger charge is 2.32. The van der Waals surface area contributed by atoms with Crippen molar-refractivity contribution >= 4 is 23.5 Å². The lowest BCUT2D eigenvalue weighted by molar-refractivity contribution is 0.486. The number of hydrogen-bond donors (Lipinski definition) is 0.